The van der Waals surface area contributed by atoms with Crippen LogP contribution in [0.5, 0.6) is 0 Å². The van der Waals surface area contributed by atoms with Crippen LogP contribution in [0.25, 0.3) is 0 Å². The van der Waals surface area contributed by atoms with Crippen molar-refractivity contribution in [3.63, 3.8) is 0 Å². The molecule has 1 N–H and O–H groups in total. The summed E-state index contributed by atoms with van der Waals surface area (Å²) in [5, 5.41) is 0. The summed E-state index contributed by atoms with van der Waals surface area (Å²) < 4.78 is 5.33. The van der Waals surface area contributed by atoms with Gasteiger partial charge in [0, 0.05) is 36.0 Å². The molecule has 2 rings (SSSR count). The number of pyridine rings is 1. The summed E-state index contributed by atoms with van der Waals surface area (Å²) in [5.41, 5.74) is 1.36. The maximum atomic E-state index is 11.8. The second-order valence-electron chi connectivity index (χ2n) is 4.45. The van der Waals surface area contributed by atoms with Crippen LogP contribution < -0.4 is 5.56 Å². The zero-order valence-electron chi connectivity index (χ0n) is 9.38. The van der Waals surface area contributed by atoms with Crippen molar-refractivity contribution in [1.29, 1.82) is 0 Å². The minimum absolute atomic E-state index is 0.0385. The Morgan fingerprint density at radius 2 is 2.19 bits per heavy atom. The van der Waals surface area contributed by atoms with E-state index in [9.17, 15) is 4.79 Å². The molecule has 2 heterocycles. The first-order valence-electron chi connectivity index (χ1n) is 5.43. The van der Waals surface area contributed by atoms with Gasteiger partial charge in [-0.3, -0.25) is 4.79 Å². The lowest BCUT2D eigenvalue weighted by molar-refractivity contribution is 0.0560. The molecule has 0 spiro atoms. The van der Waals surface area contributed by atoms with Gasteiger partial charge in [0.1, 0.15) is 0 Å². The van der Waals surface area contributed by atoms with Crippen molar-refractivity contribution in [2.45, 2.75) is 25.2 Å². The lowest BCUT2D eigenvalue weighted by Crippen LogP contribution is -2.35. The predicted molar refractivity (Wildman–Crippen MR) is 62.4 cm³/mol. The molecule has 1 saturated heterocycles. The summed E-state index contributed by atoms with van der Waals surface area (Å²) in [5.74, 6) is 2.55. The third kappa shape index (κ3) is 1.89. The van der Waals surface area contributed by atoms with Crippen LogP contribution in [0.15, 0.2) is 17.1 Å². The van der Waals surface area contributed by atoms with E-state index < -0.39 is 0 Å². The molecule has 0 bridgehead atoms. The third-order valence-corrected chi connectivity index (χ3v) is 3.32. The second kappa shape index (κ2) is 4.15. The fourth-order valence-corrected chi connectivity index (χ4v) is 2.11. The highest BCUT2D eigenvalue weighted by Crippen LogP contribution is 2.32. The van der Waals surface area contributed by atoms with E-state index in [4.69, 9.17) is 11.2 Å². The lowest BCUT2D eigenvalue weighted by atomic mass is 9.76. The van der Waals surface area contributed by atoms with Gasteiger partial charge in [0.25, 0.3) is 5.56 Å². The average Bonchev–Trinajstić information content (AvgIpc) is 2.30. The number of hydrogen-bond acceptors (Lipinski definition) is 2. The van der Waals surface area contributed by atoms with Gasteiger partial charge < -0.3 is 9.72 Å². The molecule has 0 aliphatic carbocycles. The van der Waals surface area contributed by atoms with Gasteiger partial charge in [-0.15, -0.1) is 6.42 Å². The molecule has 1 aliphatic heterocycles. The Balaban J connectivity index is 2.46. The van der Waals surface area contributed by atoms with Crippen molar-refractivity contribution in [1.82, 2.24) is 4.98 Å². The average molecular weight is 217 g/mol. The zero-order chi connectivity index (χ0) is 11.6. The SMILES string of the molecule is C#Cc1c[nH]c(=O)c(C2(C)CCOCC2)c1. The second-order valence-corrected chi connectivity index (χ2v) is 4.45. The fraction of sp³-hybridized carbons (Fsp3) is 0.462. The summed E-state index contributed by atoms with van der Waals surface area (Å²) >= 11 is 0. The molecule has 0 unspecified atom stereocenters. The van der Waals surface area contributed by atoms with Gasteiger partial charge in [0.15, 0.2) is 0 Å². The maximum Gasteiger partial charge on any atom is 0.251 e. The van der Waals surface area contributed by atoms with Crippen molar-refractivity contribution >= 4 is 0 Å². The van der Waals surface area contributed by atoms with Crippen molar-refractivity contribution in [3.8, 4) is 12.3 Å². The predicted octanol–water partition coefficient (Wildman–Crippen LogP) is 1.42. The number of nitrogens with one attached hydrogen (secondary N) is 1. The highest BCUT2D eigenvalue weighted by atomic mass is 16.5. The molecule has 1 aliphatic rings. The van der Waals surface area contributed by atoms with Gasteiger partial charge >= 0.3 is 0 Å². The largest absolute Gasteiger partial charge is 0.381 e. The first-order chi connectivity index (χ1) is 7.65. The summed E-state index contributed by atoms with van der Waals surface area (Å²) in [4.78, 5) is 14.5. The number of H-pyrrole nitrogens is 1. The van der Waals surface area contributed by atoms with Crippen LogP contribution in [0.1, 0.15) is 30.9 Å². The molecule has 0 radical (unpaired) electrons. The Hall–Kier alpha value is -1.53. The van der Waals surface area contributed by atoms with Crippen LogP contribution in [-0.2, 0) is 10.2 Å². The van der Waals surface area contributed by atoms with Crippen molar-refractivity contribution in [2.24, 2.45) is 0 Å². The first-order valence-corrected chi connectivity index (χ1v) is 5.43. The van der Waals surface area contributed by atoms with Crippen LogP contribution in [0.4, 0.5) is 0 Å². The van der Waals surface area contributed by atoms with Gasteiger partial charge in [0.2, 0.25) is 0 Å². The van der Waals surface area contributed by atoms with Gasteiger partial charge in [-0.25, -0.2) is 0 Å². The Labute approximate surface area is 94.8 Å². The number of terminal acetylenes is 1. The molecular formula is C13H15NO2. The van der Waals surface area contributed by atoms with Crippen molar-refractivity contribution < 1.29 is 4.74 Å². The van der Waals surface area contributed by atoms with Crippen LogP contribution in [-0.4, -0.2) is 18.2 Å². The molecule has 1 aromatic heterocycles. The van der Waals surface area contributed by atoms with Gasteiger partial charge in [-0.05, 0) is 18.9 Å². The van der Waals surface area contributed by atoms with E-state index in [0.29, 0.717) is 13.2 Å². The van der Waals surface area contributed by atoms with E-state index in [0.717, 1.165) is 24.0 Å². The Morgan fingerprint density at radius 3 is 2.81 bits per heavy atom. The molecule has 16 heavy (non-hydrogen) atoms. The van der Waals surface area contributed by atoms with Crippen LogP contribution in [0.3, 0.4) is 0 Å². The van der Waals surface area contributed by atoms with Crippen molar-refractivity contribution in [2.75, 3.05) is 13.2 Å². The van der Waals surface area contributed by atoms with Gasteiger partial charge in [-0.2, -0.15) is 0 Å². The highest BCUT2D eigenvalue weighted by molar-refractivity contribution is 5.35. The third-order valence-electron chi connectivity index (χ3n) is 3.32. The molecule has 1 aromatic rings. The molecule has 3 heteroatoms. The quantitative estimate of drug-likeness (QED) is 0.723. The number of aromatic nitrogens is 1. The number of aromatic amines is 1. The summed E-state index contributed by atoms with van der Waals surface area (Å²) in [6.07, 6.45) is 8.65. The van der Waals surface area contributed by atoms with Crippen LogP contribution >= 0.6 is 0 Å². The zero-order valence-corrected chi connectivity index (χ0v) is 9.38. The normalized spacial score (nSPS) is 19.0. The topological polar surface area (TPSA) is 42.1 Å². The minimum Gasteiger partial charge on any atom is -0.381 e. The van der Waals surface area contributed by atoms with Crippen molar-refractivity contribution in [3.05, 3.63) is 33.7 Å². The van der Waals surface area contributed by atoms with E-state index in [1.165, 1.54) is 0 Å². The van der Waals surface area contributed by atoms with Crippen LogP contribution in [0, 0.1) is 12.3 Å². The number of rotatable bonds is 1. The van der Waals surface area contributed by atoms with Crippen LogP contribution in [0.2, 0.25) is 0 Å². The minimum atomic E-state index is -0.112. The Bertz CT molecular complexity index is 475. The summed E-state index contributed by atoms with van der Waals surface area (Å²) in [6, 6.07) is 1.82. The number of hydrogen-bond donors (Lipinski definition) is 1. The molecule has 84 valence electrons. The van der Waals surface area contributed by atoms with Gasteiger partial charge in [0.05, 0.1) is 0 Å². The molecule has 1 fully saturated rings. The molecular weight excluding hydrogens is 202 g/mol. The van der Waals surface area contributed by atoms with Gasteiger partial charge in [-0.1, -0.05) is 12.8 Å². The standard InChI is InChI=1S/C13H15NO2/c1-3-10-8-11(12(15)14-9-10)13(2)4-6-16-7-5-13/h1,8-9H,4-7H2,2H3,(H,14,15). The monoisotopic (exact) mass is 217 g/mol. The first kappa shape index (κ1) is 11.0. The fourth-order valence-electron chi connectivity index (χ4n) is 2.11. The van der Waals surface area contributed by atoms with E-state index >= 15 is 0 Å². The Kier molecular flexibility index (Phi) is 2.84. The maximum absolute atomic E-state index is 11.8. The highest BCUT2D eigenvalue weighted by Gasteiger charge is 2.31. The number of ether oxygens (including phenoxy) is 1. The summed E-state index contributed by atoms with van der Waals surface area (Å²) in [6.45, 7) is 3.51. The molecule has 0 aromatic carbocycles. The van der Waals surface area contributed by atoms with E-state index in [1.807, 2.05) is 6.07 Å². The molecule has 3 nitrogen and oxygen atoms in total. The summed E-state index contributed by atoms with van der Waals surface area (Å²) in [7, 11) is 0. The smallest absolute Gasteiger partial charge is 0.251 e. The molecule has 0 amide bonds. The molecule has 0 saturated carbocycles. The molecule has 0 atom stereocenters. The lowest BCUT2D eigenvalue weighted by Gasteiger charge is -2.33. The van der Waals surface area contributed by atoms with E-state index in [-0.39, 0.29) is 11.0 Å². The van der Waals surface area contributed by atoms with E-state index in [2.05, 4.69) is 17.8 Å². The van der Waals surface area contributed by atoms with E-state index in [1.54, 1.807) is 6.20 Å². The Morgan fingerprint density at radius 1 is 1.50 bits per heavy atom.